The van der Waals surface area contributed by atoms with Crippen LogP contribution in [0.15, 0.2) is 30.5 Å². The van der Waals surface area contributed by atoms with Gasteiger partial charge in [0.25, 0.3) is 5.91 Å². The van der Waals surface area contributed by atoms with E-state index < -0.39 is 23.3 Å². The fourth-order valence-electron chi connectivity index (χ4n) is 4.20. The number of halogens is 3. The lowest BCUT2D eigenvalue weighted by Gasteiger charge is -2.35. The molecule has 32 heavy (non-hydrogen) atoms. The number of aryl methyl sites for hydroxylation is 1. The zero-order valence-electron chi connectivity index (χ0n) is 17.9. The number of carbonyl (C=O) groups is 2. The summed E-state index contributed by atoms with van der Waals surface area (Å²) in [4.78, 5) is 30.5. The van der Waals surface area contributed by atoms with Crippen molar-refractivity contribution in [3.05, 3.63) is 47.3 Å². The number of nitrogens with zero attached hydrogens (tertiary/aromatic N) is 5. The van der Waals surface area contributed by atoms with Gasteiger partial charge in [-0.2, -0.15) is 18.3 Å². The fraction of sp³-hybridized carbons (Fsp3) is 0.500. The molecule has 0 unspecified atom stereocenters. The van der Waals surface area contributed by atoms with Crippen LogP contribution in [-0.2, 0) is 11.0 Å². The van der Waals surface area contributed by atoms with Gasteiger partial charge >= 0.3 is 6.18 Å². The molecule has 0 N–H and O–H groups in total. The maximum Gasteiger partial charge on any atom is 0.434 e. The summed E-state index contributed by atoms with van der Waals surface area (Å²) < 4.78 is 42.5. The van der Waals surface area contributed by atoms with Crippen molar-refractivity contribution in [3.8, 4) is 5.69 Å². The number of hydrogen-bond donors (Lipinski definition) is 0. The first-order chi connectivity index (χ1) is 15.2. The van der Waals surface area contributed by atoms with Crippen molar-refractivity contribution in [2.24, 2.45) is 0 Å². The van der Waals surface area contributed by atoms with Crippen LogP contribution in [0.1, 0.15) is 34.5 Å². The van der Waals surface area contributed by atoms with Crippen molar-refractivity contribution < 1.29 is 22.8 Å². The molecule has 7 nitrogen and oxygen atoms in total. The lowest BCUT2D eigenvalue weighted by molar-refractivity contribution is -0.143. The minimum absolute atomic E-state index is 0.0704. The summed E-state index contributed by atoms with van der Waals surface area (Å²) in [5, 5.41) is 3.89. The van der Waals surface area contributed by atoms with Crippen LogP contribution in [0.3, 0.4) is 0 Å². The highest BCUT2D eigenvalue weighted by Gasteiger charge is 2.41. The summed E-state index contributed by atoms with van der Waals surface area (Å²) in [5.74, 6) is -0.623. The summed E-state index contributed by atoms with van der Waals surface area (Å²) in [6, 6.07) is 6.48. The van der Waals surface area contributed by atoms with Crippen LogP contribution in [0, 0.1) is 6.92 Å². The van der Waals surface area contributed by atoms with Crippen LogP contribution >= 0.6 is 0 Å². The van der Waals surface area contributed by atoms with Gasteiger partial charge in [-0.15, -0.1) is 0 Å². The molecule has 10 heteroatoms. The van der Waals surface area contributed by atoms with Crippen LogP contribution in [0.5, 0.6) is 0 Å². The van der Waals surface area contributed by atoms with E-state index >= 15 is 0 Å². The van der Waals surface area contributed by atoms with Crippen LogP contribution in [0.2, 0.25) is 0 Å². The van der Waals surface area contributed by atoms with Gasteiger partial charge in [0.2, 0.25) is 5.91 Å². The second kappa shape index (κ2) is 8.93. The van der Waals surface area contributed by atoms with Crippen molar-refractivity contribution in [1.82, 2.24) is 24.5 Å². The van der Waals surface area contributed by atoms with Crippen LogP contribution < -0.4 is 0 Å². The zero-order chi connectivity index (χ0) is 22.9. The van der Waals surface area contributed by atoms with Crippen molar-refractivity contribution in [3.63, 3.8) is 0 Å². The molecule has 2 aromatic rings. The third-order valence-corrected chi connectivity index (χ3v) is 6.02. The molecule has 0 atom stereocenters. The van der Waals surface area contributed by atoms with Gasteiger partial charge in [0.15, 0.2) is 5.69 Å². The van der Waals surface area contributed by atoms with Crippen LogP contribution in [0.4, 0.5) is 13.2 Å². The number of carbonyl (C=O) groups excluding carboxylic acids is 2. The van der Waals surface area contributed by atoms with Gasteiger partial charge < -0.3 is 9.80 Å². The summed E-state index contributed by atoms with van der Waals surface area (Å²) in [5.41, 5.74) is -0.378. The summed E-state index contributed by atoms with van der Waals surface area (Å²) in [7, 11) is 0. The first-order valence-corrected chi connectivity index (χ1v) is 10.8. The van der Waals surface area contributed by atoms with Gasteiger partial charge in [-0.3, -0.25) is 14.5 Å². The Labute approximate surface area is 184 Å². The molecule has 172 valence electrons. The number of alkyl halides is 3. The molecule has 2 aliphatic heterocycles. The van der Waals surface area contributed by atoms with E-state index in [1.165, 1.54) is 4.90 Å². The maximum atomic E-state index is 13.9. The molecule has 2 aliphatic rings. The molecule has 4 rings (SSSR count). The van der Waals surface area contributed by atoms with Gasteiger partial charge in [-0.1, -0.05) is 17.7 Å². The molecule has 1 aromatic heterocycles. The average molecular weight is 449 g/mol. The number of aromatic nitrogens is 2. The van der Waals surface area contributed by atoms with Gasteiger partial charge in [-0.05, 0) is 31.9 Å². The van der Waals surface area contributed by atoms with Crippen molar-refractivity contribution in [2.75, 3.05) is 45.8 Å². The number of likely N-dealkylation sites (tertiary alicyclic amines) is 1. The number of hydrogen-bond acceptors (Lipinski definition) is 4. The van der Waals surface area contributed by atoms with Crippen LogP contribution in [-0.4, -0.2) is 82.1 Å². The van der Waals surface area contributed by atoms with Crippen LogP contribution in [0.25, 0.3) is 5.69 Å². The summed E-state index contributed by atoms with van der Waals surface area (Å²) in [6.07, 6.45) is -1.71. The lowest BCUT2D eigenvalue weighted by atomic mass is 10.1. The third-order valence-electron chi connectivity index (χ3n) is 6.02. The Morgan fingerprint density at radius 3 is 2.16 bits per heavy atom. The van der Waals surface area contributed by atoms with E-state index in [4.69, 9.17) is 0 Å². The Balaban J connectivity index is 1.46. The number of rotatable bonds is 4. The summed E-state index contributed by atoms with van der Waals surface area (Å²) >= 11 is 0. The van der Waals surface area contributed by atoms with Gasteiger partial charge in [0.05, 0.1) is 24.0 Å². The van der Waals surface area contributed by atoms with E-state index in [0.717, 1.165) is 42.4 Å². The van der Waals surface area contributed by atoms with Gasteiger partial charge in [0, 0.05) is 39.3 Å². The van der Waals surface area contributed by atoms with E-state index in [2.05, 4.69) is 5.10 Å². The quantitative estimate of drug-likeness (QED) is 0.720. The first kappa shape index (κ1) is 22.3. The molecule has 0 radical (unpaired) electrons. The van der Waals surface area contributed by atoms with Crippen molar-refractivity contribution in [2.45, 2.75) is 25.9 Å². The second-order valence-electron chi connectivity index (χ2n) is 8.31. The van der Waals surface area contributed by atoms with E-state index in [1.807, 2.05) is 16.7 Å². The van der Waals surface area contributed by atoms with Gasteiger partial charge in [0.1, 0.15) is 0 Å². The Hall–Kier alpha value is -2.88. The van der Waals surface area contributed by atoms with Crippen molar-refractivity contribution >= 4 is 11.8 Å². The number of benzene rings is 1. The molecule has 2 fully saturated rings. The predicted octanol–water partition coefficient (Wildman–Crippen LogP) is 2.58. The maximum absolute atomic E-state index is 13.9. The normalized spacial score (nSPS) is 17.8. The van der Waals surface area contributed by atoms with Crippen molar-refractivity contribution in [1.29, 1.82) is 0 Å². The lowest BCUT2D eigenvalue weighted by Crippen LogP contribution is -2.51. The highest BCUT2D eigenvalue weighted by molar-refractivity contribution is 5.95. The van der Waals surface area contributed by atoms with Gasteiger partial charge in [-0.25, -0.2) is 4.68 Å². The Morgan fingerprint density at radius 1 is 0.938 bits per heavy atom. The van der Waals surface area contributed by atoms with E-state index in [9.17, 15) is 22.8 Å². The average Bonchev–Trinajstić information content (AvgIpc) is 3.44. The number of piperazine rings is 1. The highest BCUT2D eigenvalue weighted by Crippen LogP contribution is 2.34. The monoisotopic (exact) mass is 449 g/mol. The fourth-order valence-corrected chi connectivity index (χ4v) is 4.20. The minimum atomic E-state index is -4.74. The molecule has 0 bridgehead atoms. The minimum Gasteiger partial charge on any atom is -0.342 e. The zero-order valence-corrected chi connectivity index (χ0v) is 17.9. The Bertz CT molecular complexity index is 972. The molecule has 3 heterocycles. The first-order valence-electron chi connectivity index (χ1n) is 10.8. The molecule has 0 saturated carbocycles. The highest BCUT2D eigenvalue weighted by atomic mass is 19.4. The van der Waals surface area contributed by atoms with E-state index in [1.54, 1.807) is 24.3 Å². The molecule has 0 spiro atoms. The third kappa shape index (κ3) is 4.64. The Morgan fingerprint density at radius 2 is 1.56 bits per heavy atom. The SMILES string of the molecule is Cc1ccc(-n2ncc(C(=O)N3CCN(CC(=O)N4CCCC4)CC3)c2C(F)(F)F)cc1. The largest absolute Gasteiger partial charge is 0.434 e. The molecule has 2 amide bonds. The predicted molar refractivity (Wildman–Crippen MR) is 111 cm³/mol. The van der Waals surface area contributed by atoms with E-state index in [-0.39, 0.29) is 31.2 Å². The summed E-state index contributed by atoms with van der Waals surface area (Å²) in [6.45, 7) is 5.09. The molecule has 0 aliphatic carbocycles. The standard InChI is InChI=1S/C22H26F3N5O2/c1-16-4-6-17(7-5-16)30-20(22(23,24)25)18(14-26-30)21(32)29-12-10-27(11-13-29)15-19(31)28-8-2-3-9-28/h4-7,14H,2-3,8-13,15H2,1H3. The van der Waals surface area contributed by atoms with E-state index in [0.29, 0.717) is 13.1 Å². The number of amides is 2. The Kier molecular flexibility index (Phi) is 6.23. The molecule has 1 aromatic carbocycles. The molecular formula is C22H26F3N5O2. The topological polar surface area (TPSA) is 61.7 Å². The molecule has 2 saturated heterocycles. The second-order valence-corrected chi connectivity index (χ2v) is 8.31. The smallest absolute Gasteiger partial charge is 0.342 e. The molecular weight excluding hydrogens is 423 g/mol.